The molecule has 0 amide bonds. The van der Waals surface area contributed by atoms with Gasteiger partial charge in [-0.15, -0.1) is 0 Å². The lowest BCUT2D eigenvalue weighted by molar-refractivity contribution is 0.0843. The van der Waals surface area contributed by atoms with Crippen molar-refractivity contribution in [3.8, 4) is 0 Å². The molecule has 0 rings (SSSR count). The van der Waals surface area contributed by atoms with E-state index >= 15 is 0 Å². The number of methoxy groups -OCH3 is 1. The van der Waals surface area contributed by atoms with Crippen molar-refractivity contribution < 1.29 is 4.74 Å². The molecular formula is C10H23NO. The number of rotatable bonds is 7. The van der Waals surface area contributed by atoms with Crippen LogP contribution in [0.5, 0.6) is 0 Å². The van der Waals surface area contributed by atoms with E-state index in [2.05, 4.69) is 19.2 Å². The fourth-order valence-corrected chi connectivity index (χ4v) is 1.59. The quantitative estimate of drug-likeness (QED) is 0.636. The zero-order valence-electron chi connectivity index (χ0n) is 8.94. The van der Waals surface area contributed by atoms with Gasteiger partial charge in [0.1, 0.15) is 0 Å². The zero-order chi connectivity index (χ0) is 9.45. The van der Waals surface area contributed by atoms with E-state index in [4.69, 9.17) is 4.74 Å². The van der Waals surface area contributed by atoms with E-state index in [1.165, 1.54) is 19.3 Å². The first-order valence-electron chi connectivity index (χ1n) is 4.82. The van der Waals surface area contributed by atoms with E-state index in [1.807, 2.05) is 7.05 Å². The van der Waals surface area contributed by atoms with Gasteiger partial charge in [0.05, 0.1) is 6.61 Å². The first-order chi connectivity index (χ1) is 5.68. The highest BCUT2D eigenvalue weighted by Gasteiger charge is 2.22. The molecule has 0 saturated carbocycles. The summed E-state index contributed by atoms with van der Waals surface area (Å²) in [6.45, 7) is 6.41. The first-order valence-corrected chi connectivity index (χ1v) is 4.82. The lowest BCUT2D eigenvalue weighted by atomic mass is 9.86. The summed E-state index contributed by atoms with van der Waals surface area (Å²) < 4.78 is 5.22. The van der Waals surface area contributed by atoms with Gasteiger partial charge in [0.2, 0.25) is 0 Å². The molecular weight excluding hydrogens is 150 g/mol. The summed E-state index contributed by atoms with van der Waals surface area (Å²) in [5, 5.41) is 3.22. The Morgan fingerprint density at radius 3 is 2.50 bits per heavy atom. The Kier molecular flexibility index (Phi) is 6.39. The molecule has 0 heterocycles. The van der Waals surface area contributed by atoms with E-state index < -0.39 is 0 Å². The molecule has 2 heteroatoms. The Morgan fingerprint density at radius 1 is 1.42 bits per heavy atom. The Hall–Kier alpha value is -0.0800. The Morgan fingerprint density at radius 2 is 2.08 bits per heavy atom. The summed E-state index contributed by atoms with van der Waals surface area (Å²) in [6.07, 6.45) is 3.81. The van der Waals surface area contributed by atoms with Crippen molar-refractivity contribution in [3.63, 3.8) is 0 Å². The molecule has 0 aromatic carbocycles. The lowest BCUT2D eigenvalue weighted by Gasteiger charge is -2.28. The van der Waals surface area contributed by atoms with Crippen molar-refractivity contribution in [1.29, 1.82) is 0 Å². The number of nitrogens with one attached hydrogen (secondary N) is 1. The molecule has 0 radical (unpaired) electrons. The third kappa shape index (κ3) is 4.73. The van der Waals surface area contributed by atoms with E-state index in [9.17, 15) is 0 Å². The molecule has 0 aliphatic heterocycles. The molecule has 0 aliphatic rings. The lowest BCUT2D eigenvalue weighted by Crippen LogP contribution is -2.33. The van der Waals surface area contributed by atoms with E-state index in [1.54, 1.807) is 7.11 Å². The molecule has 0 spiro atoms. The molecule has 0 aromatic rings. The van der Waals surface area contributed by atoms with Crippen LogP contribution in [0.3, 0.4) is 0 Å². The van der Waals surface area contributed by atoms with Crippen LogP contribution in [0.1, 0.15) is 33.1 Å². The van der Waals surface area contributed by atoms with Gasteiger partial charge in [-0.2, -0.15) is 0 Å². The van der Waals surface area contributed by atoms with Gasteiger partial charge in [-0.05, 0) is 13.5 Å². The summed E-state index contributed by atoms with van der Waals surface area (Å²) in [5.41, 5.74) is 0.319. The third-order valence-electron chi connectivity index (χ3n) is 2.23. The van der Waals surface area contributed by atoms with Crippen LogP contribution in [-0.4, -0.2) is 27.3 Å². The number of hydrogen-bond donors (Lipinski definition) is 1. The number of unbranched alkanes of at least 4 members (excludes halogenated alkanes) is 1. The predicted molar refractivity (Wildman–Crippen MR) is 53.4 cm³/mol. The van der Waals surface area contributed by atoms with Crippen molar-refractivity contribution >= 4 is 0 Å². The zero-order valence-corrected chi connectivity index (χ0v) is 8.94. The van der Waals surface area contributed by atoms with Crippen molar-refractivity contribution in [2.24, 2.45) is 5.41 Å². The van der Waals surface area contributed by atoms with Gasteiger partial charge in [-0.3, -0.25) is 0 Å². The van der Waals surface area contributed by atoms with Gasteiger partial charge in [-0.1, -0.05) is 26.7 Å². The normalized spacial score (nSPS) is 16.0. The van der Waals surface area contributed by atoms with Crippen LogP contribution in [0, 0.1) is 5.41 Å². The second kappa shape index (κ2) is 6.44. The fourth-order valence-electron chi connectivity index (χ4n) is 1.59. The van der Waals surface area contributed by atoms with Crippen molar-refractivity contribution in [2.75, 3.05) is 27.3 Å². The van der Waals surface area contributed by atoms with Crippen molar-refractivity contribution in [1.82, 2.24) is 5.32 Å². The van der Waals surface area contributed by atoms with Crippen LogP contribution in [0.2, 0.25) is 0 Å². The fraction of sp³-hybridized carbons (Fsp3) is 1.00. The van der Waals surface area contributed by atoms with Crippen LogP contribution >= 0.6 is 0 Å². The monoisotopic (exact) mass is 173 g/mol. The van der Waals surface area contributed by atoms with Crippen LogP contribution < -0.4 is 5.32 Å². The molecule has 2 nitrogen and oxygen atoms in total. The molecule has 1 N–H and O–H groups in total. The predicted octanol–water partition coefficient (Wildman–Crippen LogP) is 2.05. The largest absolute Gasteiger partial charge is 0.384 e. The first kappa shape index (κ1) is 11.9. The van der Waals surface area contributed by atoms with Gasteiger partial charge >= 0.3 is 0 Å². The highest BCUT2D eigenvalue weighted by atomic mass is 16.5. The van der Waals surface area contributed by atoms with Gasteiger partial charge in [0.25, 0.3) is 0 Å². The Bertz CT molecular complexity index is 98.0. The molecule has 1 unspecified atom stereocenters. The molecule has 1 atom stereocenters. The summed E-state index contributed by atoms with van der Waals surface area (Å²) in [5.74, 6) is 0. The highest BCUT2D eigenvalue weighted by Crippen LogP contribution is 2.23. The third-order valence-corrected chi connectivity index (χ3v) is 2.23. The standard InChI is InChI=1S/C10H23NO/c1-5-6-7-10(2,8-11-3)9-12-4/h11H,5-9H2,1-4H3. The van der Waals surface area contributed by atoms with Gasteiger partial charge in [-0.25, -0.2) is 0 Å². The van der Waals surface area contributed by atoms with Crippen LogP contribution in [0.25, 0.3) is 0 Å². The minimum atomic E-state index is 0.319. The number of hydrogen-bond acceptors (Lipinski definition) is 2. The van der Waals surface area contributed by atoms with Crippen LogP contribution in [0.4, 0.5) is 0 Å². The average Bonchev–Trinajstić information content (AvgIpc) is 2.02. The van der Waals surface area contributed by atoms with Crippen molar-refractivity contribution in [2.45, 2.75) is 33.1 Å². The molecule has 0 aromatic heterocycles. The summed E-state index contributed by atoms with van der Waals surface area (Å²) in [4.78, 5) is 0. The van der Waals surface area contributed by atoms with Gasteiger partial charge in [0, 0.05) is 19.1 Å². The molecule has 0 bridgehead atoms. The Labute approximate surface area is 76.7 Å². The van der Waals surface area contributed by atoms with Crippen LogP contribution in [-0.2, 0) is 4.74 Å². The summed E-state index contributed by atoms with van der Waals surface area (Å²) in [7, 11) is 3.78. The smallest absolute Gasteiger partial charge is 0.0528 e. The molecule has 0 saturated heterocycles. The SMILES string of the molecule is CCCCC(C)(CNC)COC. The van der Waals surface area contributed by atoms with Crippen molar-refractivity contribution in [3.05, 3.63) is 0 Å². The van der Waals surface area contributed by atoms with E-state index in [0.29, 0.717) is 5.41 Å². The average molecular weight is 173 g/mol. The maximum Gasteiger partial charge on any atom is 0.0528 e. The summed E-state index contributed by atoms with van der Waals surface area (Å²) >= 11 is 0. The second-order valence-electron chi connectivity index (χ2n) is 3.88. The minimum absolute atomic E-state index is 0.319. The maximum atomic E-state index is 5.22. The maximum absolute atomic E-state index is 5.22. The van der Waals surface area contributed by atoms with Crippen LogP contribution in [0.15, 0.2) is 0 Å². The minimum Gasteiger partial charge on any atom is -0.384 e. The molecule has 0 aliphatic carbocycles. The molecule has 12 heavy (non-hydrogen) atoms. The number of ether oxygens (including phenoxy) is 1. The van der Waals surface area contributed by atoms with Gasteiger partial charge in [0.15, 0.2) is 0 Å². The molecule has 0 fully saturated rings. The second-order valence-corrected chi connectivity index (χ2v) is 3.88. The topological polar surface area (TPSA) is 21.3 Å². The highest BCUT2D eigenvalue weighted by molar-refractivity contribution is 4.75. The summed E-state index contributed by atoms with van der Waals surface area (Å²) in [6, 6.07) is 0. The van der Waals surface area contributed by atoms with E-state index in [0.717, 1.165) is 13.2 Å². The van der Waals surface area contributed by atoms with Gasteiger partial charge < -0.3 is 10.1 Å². The van der Waals surface area contributed by atoms with E-state index in [-0.39, 0.29) is 0 Å². The Balaban J connectivity index is 3.80. The molecule has 74 valence electrons.